The first-order valence-electron chi connectivity index (χ1n) is 8.51. The molecule has 2 aromatic carbocycles. The maximum atomic E-state index is 14.2. The standard InChI is InChI=1S/C21H14F2N4O/c1-12-17(16-7-6-15(22)8-18(16)23)9-20-25-19(10-21(28)27(20)26-12)14-4-2-13(11-24)3-5-14/h2-10,20,25H,1H3. The van der Waals surface area contributed by atoms with Gasteiger partial charge in [-0.3, -0.25) is 4.79 Å². The molecule has 0 aliphatic carbocycles. The summed E-state index contributed by atoms with van der Waals surface area (Å²) >= 11 is 0. The summed E-state index contributed by atoms with van der Waals surface area (Å²) in [5.41, 5.74) is 2.97. The minimum atomic E-state index is -0.695. The zero-order valence-electron chi connectivity index (χ0n) is 14.8. The van der Waals surface area contributed by atoms with Gasteiger partial charge >= 0.3 is 0 Å². The third kappa shape index (κ3) is 3.05. The number of nitrogens with zero attached hydrogens (tertiary/aromatic N) is 3. The maximum absolute atomic E-state index is 14.2. The number of hydrogen-bond acceptors (Lipinski definition) is 4. The van der Waals surface area contributed by atoms with E-state index in [2.05, 4.69) is 10.4 Å². The second-order valence-electron chi connectivity index (χ2n) is 6.41. The third-order valence-corrected chi connectivity index (χ3v) is 4.58. The summed E-state index contributed by atoms with van der Waals surface area (Å²) in [6.07, 6.45) is 2.49. The van der Waals surface area contributed by atoms with E-state index in [9.17, 15) is 13.6 Å². The largest absolute Gasteiger partial charge is 0.360 e. The van der Waals surface area contributed by atoms with Crippen molar-refractivity contribution >= 4 is 22.9 Å². The molecule has 28 heavy (non-hydrogen) atoms. The van der Waals surface area contributed by atoms with Crippen LogP contribution in [0.3, 0.4) is 0 Å². The number of halogens is 2. The predicted molar refractivity (Wildman–Crippen MR) is 100 cm³/mol. The van der Waals surface area contributed by atoms with Gasteiger partial charge in [-0.1, -0.05) is 12.1 Å². The fraction of sp³-hybridized carbons (Fsp3) is 0.0952. The third-order valence-electron chi connectivity index (χ3n) is 4.58. The lowest BCUT2D eigenvalue weighted by Crippen LogP contribution is -2.49. The number of nitriles is 1. The van der Waals surface area contributed by atoms with E-state index in [0.717, 1.165) is 11.6 Å². The molecule has 0 saturated carbocycles. The van der Waals surface area contributed by atoms with Crippen LogP contribution in [0.1, 0.15) is 23.6 Å². The van der Waals surface area contributed by atoms with Gasteiger partial charge < -0.3 is 5.32 Å². The van der Waals surface area contributed by atoms with Crippen molar-refractivity contribution in [3.63, 3.8) is 0 Å². The highest BCUT2D eigenvalue weighted by Gasteiger charge is 2.31. The second-order valence-corrected chi connectivity index (χ2v) is 6.41. The normalized spacial score (nSPS) is 18.4. The van der Waals surface area contributed by atoms with E-state index < -0.39 is 17.8 Å². The Bertz CT molecular complexity index is 1110. The summed E-state index contributed by atoms with van der Waals surface area (Å²) in [5.74, 6) is -1.68. The highest BCUT2D eigenvalue weighted by atomic mass is 19.1. The quantitative estimate of drug-likeness (QED) is 0.873. The number of benzene rings is 2. The molecule has 2 aliphatic heterocycles. The van der Waals surface area contributed by atoms with E-state index >= 15 is 0 Å². The molecule has 0 saturated heterocycles. The van der Waals surface area contributed by atoms with Crippen molar-refractivity contribution < 1.29 is 13.6 Å². The average molecular weight is 376 g/mol. The van der Waals surface area contributed by atoms with E-state index in [4.69, 9.17) is 5.26 Å². The molecule has 0 aromatic heterocycles. The molecule has 2 aromatic rings. The number of rotatable bonds is 2. The van der Waals surface area contributed by atoms with E-state index in [1.807, 2.05) is 6.07 Å². The van der Waals surface area contributed by atoms with Crippen LogP contribution in [-0.2, 0) is 4.79 Å². The smallest absolute Gasteiger partial charge is 0.271 e. The van der Waals surface area contributed by atoms with Crippen LogP contribution in [0.15, 0.2) is 59.7 Å². The van der Waals surface area contributed by atoms with Gasteiger partial charge in [0.15, 0.2) is 0 Å². The number of nitrogens with one attached hydrogen (secondary N) is 1. The average Bonchev–Trinajstić information content (AvgIpc) is 2.68. The molecule has 0 fully saturated rings. The van der Waals surface area contributed by atoms with Crippen LogP contribution < -0.4 is 5.32 Å². The number of allylic oxidation sites excluding steroid dienone is 1. The van der Waals surface area contributed by atoms with Crippen LogP contribution in [-0.4, -0.2) is 22.8 Å². The first kappa shape index (κ1) is 17.6. The highest BCUT2D eigenvalue weighted by molar-refractivity contribution is 6.23. The van der Waals surface area contributed by atoms with Crippen LogP contribution >= 0.6 is 0 Å². The summed E-state index contributed by atoms with van der Waals surface area (Å²) in [4.78, 5) is 12.5. The van der Waals surface area contributed by atoms with E-state index in [1.165, 1.54) is 23.2 Å². The number of fused-ring (bicyclic) bond motifs is 1. The fourth-order valence-corrected chi connectivity index (χ4v) is 3.19. The van der Waals surface area contributed by atoms with Crippen molar-refractivity contribution in [3.05, 3.63) is 82.9 Å². The summed E-state index contributed by atoms with van der Waals surface area (Å²) < 4.78 is 27.5. The Balaban J connectivity index is 1.70. The molecule has 1 unspecified atom stereocenters. The molecule has 5 nitrogen and oxygen atoms in total. The minimum absolute atomic E-state index is 0.214. The van der Waals surface area contributed by atoms with Gasteiger partial charge in [-0.25, -0.2) is 13.8 Å². The number of hydrogen-bond donors (Lipinski definition) is 1. The lowest BCUT2D eigenvalue weighted by Gasteiger charge is -2.35. The first-order chi connectivity index (χ1) is 13.5. The summed E-state index contributed by atoms with van der Waals surface area (Å²) in [6, 6.07) is 12.2. The van der Waals surface area contributed by atoms with Gasteiger partial charge in [0, 0.05) is 29.0 Å². The Labute approximate surface area is 159 Å². The molecule has 7 heteroatoms. The van der Waals surface area contributed by atoms with E-state index in [-0.39, 0.29) is 11.5 Å². The predicted octanol–water partition coefficient (Wildman–Crippen LogP) is 3.41. The summed E-state index contributed by atoms with van der Waals surface area (Å²) in [7, 11) is 0. The number of amides is 1. The van der Waals surface area contributed by atoms with E-state index in [1.54, 1.807) is 37.3 Å². The van der Waals surface area contributed by atoms with Crippen molar-refractivity contribution in [1.29, 1.82) is 5.26 Å². The highest BCUT2D eigenvalue weighted by Crippen LogP contribution is 2.29. The van der Waals surface area contributed by atoms with Crippen LogP contribution in [0.5, 0.6) is 0 Å². The number of hydrazone groups is 1. The molecule has 1 amide bonds. The van der Waals surface area contributed by atoms with Gasteiger partial charge in [-0.05, 0) is 42.8 Å². The molecule has 2 heterocycles. The van der Waals surface area contributed by atoms with Gasteiger partial charge in [-0.15, -0.1) is 0 Å². The van der Waals surface area contributed by atoms with Crippen LogP contribution in [0.25, 0.3) is 11.3 Å². The van der Waals surface area contributed by atoms with Crippen LogP contribution in [0, 0.1) is 23.0 Å². The molecule has 0 bridgehead atoms. The Kier molecular flexibility index (Phi) is 4.24. The number of carbonyl (C=O) groups is 1. The second kappa shape index (κ2) is 6.74. The van der Waals surface area contributed by atoms with Crippen molar-refractivity contribution in [1.82, 2.24) is 10.3 Å². The molecule has 0 radical (unpaired) electrons. The molecule has 1 atom stereocenters. The first-order valence-corrected chi connectivity index (χ1v) is 8.51. The molecule has 138 valence electrons. The van der Waals surface area contributed by atoms with Gasteiger partial charge in [-0.2, -0.15) is 10.4 Å². The van der Waals surface area contributed by atoms with E-state index in [0.29, 0.717) is 22.5 Å². The molecule has 0 spiro atoms. The van der Waals surface area contributed by atoms with Gasteiger partial charge in [0.05, 0.1) is 17.3 Å². The van der Waals surface area contributed by atoms with Crippen LogP contribution in [0.2, 0.25) is 0 Å². The van der Waals surface area contributed by atoms with Crippen LogP contribution in [0.4, 0.5) is 8.78 Å². The minimum Gasteiger partial charge on any atom is -0.360 e. The lowest BCUT2D eigenvalue weighted by molar-refractivity contribution is -0.128. The molecule has 4 rings (SSSR count). The van der Waals surface area contributed by atoms with Crippen molar-refractivity contribution in [3.8, 4) is 6.07 Å². The molecule has 2 aliphatic rings. The topological polar surface area (TPSA) is 68.5 Å². The SMILES string of the molecule is CC1=NN2C(=O)C=C(c3ccc(C#N)cc3)NC2C=C1c1ccc(F)cc1F. The summed E-state index contributed by atoms with van der Waals surface area (Å²) in [6.45, 7) is 1.66. The fourth-order valence-electron chi connectivity index (χ4n) is 3.19. The van der Waals surface area contributed by atoms with Crippen molar-refractivity contribution in [2.24, 2.45) is 5.10 Å². The summed E-state index contributed by atoms with van der Waals surface area (Å²) in [5, 5.41) is 17.7. The zero-order chi connectivity index (χ0) is 19.8. The zero-order valence-corrected chi connectivity index (χ0v) is 14.8. The maximum Gasteiger partial charge on any atom is 0.271 e. The lowest BCUT2D eigenvalue weighted by atomic mass is 9.98. The van der Waals surface area contributed by atoms with Gasteiger partial charge in [0.2, 0.25) is 0 Å². The molecule has 1 N–H and O–H groups in total. The Hall–Kier alpha value is -3.79. The van der Waals surface area contributed by atoms with Crippen molar-refractivity contribution in [2.75, 3.05) is 0 Å². The Morgan fingerprint density at radius 2 is 1.93 bits per heavy atom. The Morgan fingerprint density at radius 1 is 1.18 bits per heavy atom. The molecular formula is C21H14F2N4O. The van der Waals surface area contributed by atoms with Gasteiger partial charge in [0.25, 0.3) is 5.91 Å². The number of carbonyl (C=O) groups excluding carboxylic acids is 1. The Morgan fingerprint density at radius 3 is 2.61 bits per heavy atom. The monoisotopic (exact) mass is 376 g/mol. The molecular weight excluding hydrogens is 362 g/mol. The van der Waals surface area contributed by atoms with Crippen molar-refractivity contribution in [2.45, 2.75) is 13.1 Å². The van der Waals surface area contributed by atoms with Gasteiger partial charge in [0.1, 0.15) is 17.8 Å².